The Kier molecular flexibility index (Phi) is 7.24. The molecular weight excluding hydrogens is 483 g/mol. The zero-order valence-corrected chi connectivity index (χ0v) is 18.3. The van der Waals surface area contributed by atoms with Gasteiger partial charge < -0.3 is 15.0 Å². The van der Waals surface area contributed by atoms with E-state index in [-0.39, 0.29) is 11.8 Å². The second-order valence-electron chi connectivity index (χ2n) is 7.05. The molecule has 0 unspecified atom stereocenters. The number of amides is 2. The number of nitrogens with one attached hydrogen (secondary N) is 1. The van der Waals surface area contributed by atoms with E-state index in [0.29, 0.717) is 42.4 Å². The van der Waals surface area contributed by atoms with E-state index in [1.165, 1.54) is 6.92 Å². The lowest BCUT2D eigenvalue weighted by Gasteiger charge is -2.32. The van der Waals surface area contributed by atoms with Crippen molar-refractivity contribution >= 4 is 40.4 Å². The molecule has 0 atom stereocenters. The summed E-state index contributed by atoms with van der Waals surface area (Å²) in [6.45, 7) is 3.21. The van der Waals surface area contributed by atoms with Crippen molar-refractivity contribution in [3.63, 3.8) is 0 Å². The smallest absolute Gasteiger partial charge is 0.308 e. The van der Waals surface area contributed by atoms with Gasteiger partial charge in [0.1, 0.15) is 5.75 Å². The largest absolute Gasteiger partial charge is 0.427 e. The first kappa shape index (κ1) is 21.3. The minimum Gasteiger partial charge on any atom is -0.427 e. The van der Waals surface area contributed by atoms with Crippen molar-refractivity contribution in [1.29, 1.82) is 0 Å². The van der Waals surface area contributed by atoms with E-state index in [1.807, 2.05) is 29.2 Å². The fourth-order valence-electron chi connectivity index (χ4n) is 3.36. The number of piperidine rings is 1. The van der Waals surface area contributed by atoms with Gasteiger partial charge >= 0.3 is 5.97 Å². The van der Waals surface area contributed by atoms with Crippen LogP contribution in [0.2, 0.25) is 0 Å². The Hall–Kier alpha value is -2.42. The van der Waals surface area contributed by atoms with Crippen LogP contribution in [-0.4, -0.2) is 42.3 Å². The lowest BCUT2D eigenvalue weighted by molar-refractivity contribution is -0.131. The minimum atomic E-state index is -0.414. The highest BCUT2D eigenvalue weighted by molar-refractivity contribution is 14.1. The molecule has 1 fully saturated rings. The average Bonchev–Trinajstić information content (AvgIpc) is 2.72. The van der Waals surface area contributed by atoms with Crippen LogP contribution in [0, 0.1) is 9.49 Å². The molecule has 0 radical (unpaired) electrons. The maximum Gasteiger partial charge on any atom is 0.308 e. The second-order valence-corrected chi connectivity index (χ2v) is 8.21. The molecule has 152 valence electrons. The summed E-state index contributed by atoms with van der Waals surface area (Å²) in [5.41, 5.74) is 1.20. The third-order valence-corrected chi connectivity index (χ3v) is 5.85. The highest BCUT2D eigenvalue weighted by atomic mass is 127. The van der Waals surface area contributed by atoms with Crippen molar-refractivity contribution in [2.75, 3.05) is 19.6 Å². The van der Waals surface area contributed by atoms with Gasteiger partial charge in [0.2, 0.25) is 0 Å². The van der Waals surface area contributed by atoms with Gasteiger partial charge in [-0.25, -0.2) is 0 Å². The summed E-state index contributed by atoms with van der Waals surface area (Å²) in [5.74, 6) is 0.173. The molecule has 1 aliphatic rings. The predicted molar refractivity (Wildman–Crippen MR) is 118 cm³/mol. The molecule has 29 heavy (non-hydrogen) atoms. The van der Waals surface area contributed by atoms with Crippen molar-refractivity contribution in [1.82, 2.24) is 10.2 Å². The number of halogens is 1. The van der Waals surface area contributed by atoms with Crippen LogP contribution in [0.1, 0.15) is 40.5 Å². The van der Waals surface area contributed by atoms with Crippen LogP contribution in [0.4, 0.5) is 0 Å². The Labute approximate surface area is 183 Å². The molecule has 7 heteroatoms. The molecule has 1 heterocycles. The Balaban J connectivity index is 1.50. The molecule has 0 bridgehead atoms. The number of likely N-dealkylation sites (tertiary alicyclic amines) is 1. The van der Waals surface area contributed by atoms with Crippen molar-refractivity contribution in [2.45, 2.75) is 19.8 Å². The Bertz CT molecular complexity index is 907. The van der Waals surface area contributed by atoms with Gasteiger partial charge in [-0.1, -0.05) is 18.2 Å². The molecule has 0 aromatic heterocycles. The summed E-state index contributed by atoms with van der Waals surface area (Å²) in [4.78, 5) is 38.0. The summed E-state index contributed by atoms with van der Waals surface area (Å²) >= 11 is 2.16. The summed E-state index contributed by atoms with van der Waals surface area (Å²) in [5, 5.41) is 3.02. The van der Waals surface area contributed by atoms with Crippen molar-refractivity contribution in [2.24, 2.45) is 5.92 Å². The number of rotatable bonds is 5. The molecule has 2 aromatic rings. The fraction of sp³-hybridized carbons (Fsp3) is 0.318. The van der Waals surface area contributed by atoms with Crippen molar-refractivity contribution < 1.29 is 19.1 Å². The summed E-state index contributed by atoms with van der Waals surface area (Å²) in [6, 6.07) is 14.2. The van der Waals surface area contributed by atoms with E-state index >= 15 is 0 Å². The molecular formula is C22H23IN2O4. The van der Waals surface area contributed by atoms with Gasteiger partial charge in [-0.05, 0) is 71.7 Å². The molecule has 3 rings (SSSR count). The molecule has 6 nitrogen and oxygen atoms in total. The fourth-order valence-corrected chi connectivity index (χ4v) is 3.99. The van der Waals surface area contributed by atoms with Crippen LogP contribution in [0.15, 0.2) is 48.5 Å². The third kappa shape index (κ3) is 5.79. The first-order valence-electron chi connectivity index (χ1n) is 9.54. The zero-order chi connectivity index (χ0) is 20.8. The average molecular weight is 506 g/mol. The Morgan fingerprint density at radius 3 is 2.52 bits per heavy atom. The normalized spacial score (nSPS) is 14.3. The molecule has 1 saturated heterocycles. The molecule has 0 aliphatic carbocycles. The highest BCUT2D eigenvalue weighted by Crippen LogP contribution is 2.21. The van der Waals surface area contributed by atoms with E-state index in [1.54, 1.807) is 24.3 Å². The molecule has 1 aliphatic heterocycles. The lowest BCUT2D eigenvalue weighted by atomic mass is 9.96. The van der Waals surface area contributed by atoms with Crippen LogP contribution in [-0.2, 0) is 4.79 Å². The summed E-state index contributed by atoms with van der Waals surface area (Å²) in [6.07, 6.45) is 1.67. The minimum absolute atomic E-state index is 0.0595. The van der Waals surface area contributed by atoms with Crippen LogP contribution in [0.5, 0.6) is 5.75 Å². The van der Waals surface area contributed by atoms with Gasteiger partial charge in [0.15, 0.2) is 0 Å². The van der Waals surface area contributed by atoms with Gasteiger partial charge in [0.05, 0.1) is 5.56 Å². The number of carbonyl (C=O) groups excluding carboxylic acids is 3. The second kappa shape index (κ2) is 9.87. The number of benzene rings is 2. The molecule has 1 N–H and O–H groups in total. The summed E-state index contributed by atoms with van der Waals surface area (Å²) in [7, 11) is 0. The van der Waals surface area contributed by atoms with E-state index in [4.69, 9.17) is 4.74 Å². The van der Waals surface area contributed by atoms with Gasteiger partial charge in [-0.2, -0.15) is 0 Å². The molecule has 0 saturated carbocycles. The zero-order valence-electron chi connectivity index (χ0n) is 16.2. The molecule has 0 spiro atoms. The standard InChI is InChI=1S/C22H23IN2O4/c1-15(26)29-18-6-4-5-17(13-18)22(28)25-11-9-16(10-12-25)14-24-21(27)19-7-2-3-8-20(19)23/h2-8,13,16H,9-12,14H2,1H3,(H,24,27). The van der Waals surface area contributed by atoms with Gasteiger partial charge in [0.25, 0.3) is 11.8 Å². The first-order chi connectivity index (χ1) is 13.9. The Morgan fingerprint density at radius 1 is 1.10 bits per heavy atom. The van der Waals surface area contributed by atoms with E-state index in [9.17, 15) is 14.4 Å². The number of carbonyl (C=O) groups is 3. The lowest BCUT2D eigenvalue weighted by Crippen LogP contribution is -2.41. The number of hydrogen-bond acceptors (Lipinski definition) is 4. The van der Waals surface area contributed by atoms with E-state index in [2.05, 4.69) is 27.9 Å². The monoisotopic (exact) mass is 506 g/mol. The maximum absolute atomic E-state index is 12.7. The van der Waals surface area contributed by atoms with Crippen molar-refractivity contribution in [3.8, 4) is 5.75 Å². The van der Waals surface area contributed by atoms with E-state index < -0.39 is 5.97 Å². The van der Waals surface area contributed by atoms with Crippen LogP contribution in [0.25, 0.3) is 0 Å². The van der Waals surface area contributed by atoms with Crippen LogP contribution in [0.3, 0.4) is 0 Å². The van der Waals surface area contributed by atoms with Gasteiger partial charge in [0, 0.05) is 35.7 Å². The summed E-state index contributed by atoms with van der Waals surface area (Å²) < 4.78 is 5.99. The Morgan fingerprint density at radius 2 is 1.83 bits per heavy atom. The highest BCUT2D eigenvalue weighted by Gasteiger charge is 2.24. The maximum atomic E-state index is 12.7. The van der Waals surface area contributed by atoms with Crippen molar-refractivity contribution in [3.05, 3.63) is 63.2 Å². The number of esters is 1. The predicted octanol–water partition coefficient (Wildman–Crippen LogP) is 3.50. The number of ether oxygens (including phenoxy) is 1. The van der Waals surface area contributed by atoms with Gasteiger partial charge in [-0.3, -0.25) is 14.4 Å². The van der Waals surface area contributed by atoms with Gasteiger partial charge in [-0.15, -0.1) is 0 Å². The van der Waals surface area contributed by atoms with E-state index in [0.717, 1.165) is 16.4 Å². The quantitative estimate of drug-likeness (QED) is 0.383. The first-order valence-corrected chi connectivity index (χ1v) is 10.6. The number of hydrogen-bond donors (Lipinski definition) is 1. The number of nitrogens with zero attached hydrogens (tertiary/aromatic N) is 1. The third-order valence-electron chi connectivity index (χ3n) is 4.91. The SMILES string of the molecule is CC(=O)Oc1cccc(C(=O)N2CCC(CNC(=O)c3ccccc3I)CC2)c1. The van der Waals surface area contributed by atoms with Crippen LogP contribution >= 0.6 is 22.6 Å². The topological polar surface area (TPSA) is 75.7 Å². The molecule has 2 aromatic carbocycles. The van der Waals surface area contributed by atoms with Crippen LogP contribution < -0.4 is 10.1 Å². The molecule has 2 amide bonds.